The number of aliphatic hydroxyl groups excluding tert-OH is 1. The van der Waals surface area contributed by atoms with Gasteiger partial charge in [0.25, 0.3) is 0 Å². The molecule has 4 rings (SSSR count). The molecule has 3 aliphatic rings. The lowest BCUT2D eigenvalue weighted by molar-refractivity contribution is -0.179. The zero-order chi connectivity index (χ0) is 25.7. The lowest BCUT2D eigenvalue weighted by Crippen LogP contribution is -2.59. The Morgan fingerprint density at radius 2 is 2.19 bits per heavy atom. The molecule has 7 atom stereocenters. The highest BCUT2D eigenvalue weighted by molar-refractivity contribution is 7.45. The number of amides is 1. The van der Waals surface area contributed by atoms with E-state index in [2.05, 4.69) is 10.4 Å². The molecule has 4 unspecified atom stereocenters. The van der Waals surface area contributed by atoms with E-state index in [4.69, 9.17) is 23.3 Å². The number of methoxy groups -OCH3 is 1. The molecule has 2 fully saturated rings. The number of esters is 1. The van der Waals surface area contributed by atoms with Crippen molar-refractivity contribution in [1.82, 2.24) is 15.3 Å². The van der Waals surface area contributed by atoms with Crippen LogP contribution >= 0.6 is 8.53 Å². The van der Waals surface area contributed by atoms with Crippen molar-refractivity contribution >= 4 is 26.7 Å². The average Bonchev–Trinajstić information content (AvgIpc) is 3.47. The van der Waals surface area contributed by atoms with Crippen LogP contribution in [0.5, 0.6) is 5.75 Å². The molecule has 3 heterocycles. The number of aliphatic hydroxyl groups is 1. The third-order valence-electron chi connectivity index (χ3n) is 6.28. The zero-order valence-electron chi connectivity index (χ0n) is 19.9. The van der Waals surface area contributed by atoms with Crippen molar-refractivity contribution in [3.63, 3.8) is 0 Å². The highest BCUT2D eigenvalue weighted by atomic mass is 31.2. The number of ether oxygens (including phenoxy) is 3. The van der Waals surface area contributed by atoms with Crippen molar-refractivity contribution in [2.75, 3.05) is 20.3 Å². The predicted octanol–water partition coefficient (Wildman–Crippen LogP) is 0.771. The molecule has 1 spiro atoms. The van der Waals surface area contributed by atoms with Crippen molar-refractivity contribution < 1.29 is 42.7 Å². The molecule has 2 saturated heterocycles. The molecule has 1 aromatic carbocycles. The SMILES string of the molecule is COC(=O)[C@H](C)NP(OCC1OC(N2C=CC(=O)NC2O)[C@@]2(CCCO2)[C@@H]1C=O)Oc1ccccc1. The molecule has 36 heavy (non-hydrogen) atoms. The molecule has 0 saturated carbocycles. The molecule has 13 heteroatoms. The quantitative estimate of drug-likeness (QED) is 0.227. The minimum Gasteiger partial charge on any atom is -0.468 e. The Morgan fingerprint density at radius 1 is 1.42 bits per heavy atom. The highest BCUT2D eigenvalue weighted by Gasteiger charge is 2.61. The molecule has 0 aliphatic carbocycles. The number of para-hydroxylation sites is 1. The van der Waals surface area contributed by atoms with Crippen molar-refractivity contribution in [2.45, 2.75) is 50.1 Å². The Bertz CT molecular complexity index is 959. The summed E-state index contributed by atoms with van der Waals surface area (Å²) in [5.74, 6) is -1.12. The number of carbonyl (C=O) groups is 3. The summed E-state index contributed by atoms with van der Waals surface area (Å²) in [5.41, 5.74) is -1.03. The van der Waals surface area contributed by atoms with E-state index in [1.807, 2.05) is 6.07 Å². The van der Waals surface area contributed by atoms with Crippen LogP contribution in [0, 0.1) is 5.92 Å². The number of benzene rings is 1. The van der Waals surface area contributed by atoms with Crippen LogP contribution in [0.25, 0.3) is 0 Å². The van der Waals surface area contributed by atoms with Gasteiger partial charge >= 0.3 is 14.5 Å². The average molecular weight is 523 g/mol. The van der Waals surface area contributed by atoms with Gasteiger partial charge in [-0.15, -0.1) is 0 Å². The molecule has 0 aromatic heterocycles. The summed E-state index contributed by atoms with van der Waals surface area (Å²) in [6.45, 7) is 1.99. The second kappa shape index (κ2) is 11.6. The number of aldehydes is 1. The number of carbonyl (C=O) groups excluding carboxylic acids is 3. The van der Waals surface area contributed by atoms with Crippen molar-refractivity contribution in [1.29, 1.82) is 0 Å². The number of nitrogens with one attached hydrogen (secondary N) is 2. The first-order valence-corrected chi connectivity index (χ1v) is 12.7. The molecule has 0 bridgehead atoms. The monoisotopic (exact) mass is 523 g/mol. The normalized spacial score (nSPS) is 31.2. The van der Waals surface area contributed by atoms with Gasteiger partial charge in [0.2, 0.25) is 12.3 Å². The van der Waals surface area contributed by atoms with Crippen molar-refractivity contribution in [3.05, 3.63) is 42.6 Å². The minimum atomic E-state index is -1.84. The molecule has 1 aromatic rings. The van der Waals surface area contributed by atoms with Gasteiger partial charge in [-0.05, 0) is 31.9 Å². The molecule has 3 N–H and O–H groups in total. The lowest BCUT2D eigenvalue weighted by Gasteiger charge is -2.41. The maximum Gasteiger partial charge on any atom is 0.323 e. The molecule has 12 nitrogen and oxygen atoms in total. The zero-order valence-corrected chi connectivity index (χ0v) is 20.8. The van der Waals surface area contributed by atoms with Crippen LogP contribution in [0.1, 0.15) is 19.8 Å². The van der Waals surface area contributed by atoms with Crippen LogP contribution in [0.3, 0.4) is 0 Å². The highest BCUT2D eigenvalue weighted by Crippen LogP contribution is 2.48. The number of hydrogen-bond donors (Lipinski definition) is 3. The van der Waals surface area contributed by atoms with E-state index in [0.717, 1.165) is 6.29 Å². The molecule has 3 aliphatic heterocycles. The van der Waals surface area contributed by atoms with Crippen LogP contribution in [0.2, 0.25) is 0 Å². The Balaban J connectivity index is 1.52. The van der Waals surface area contributed by atoms with Crippen LogP contribution in [0.4, 0.5) is 0 Å². The van der Waals surface area contributed by atoms with Crippen LogP contribution < -0.4 is 14.9 Å². The Labute approximate surface area is 209 Å². The van der Waals surface area contributed by atoms with Gasteiger partial charge in [-0.1, -0.05) is 18.2 Å². The van der Waals surface area contributed by atoms with E-state index >= 15 is 0 Å². The fourth-order valence-electron chi connectivity index (χ4n) is 4.54. The van der Waals surface area contributed by atoms with Gasteiger partial charge in [0.05, 0.1) is 25.7 Å². The fourth-order valence-corrected chi connectivity index (χ4v) is 5.74. The minimum absolute atomic E-state index is 0.0650. The maximum absolute atomic E-state index is 12.3. The number of hydrogen-bond acceptors (Lipinski definition) is 11. The summed E-state index contributed by atoms with van der Waals surface area (Å²) in [5, 5.41) is 15.9. The van der Waals surface area contributed by atoms with E-state index in [-0.39, 0.29) is 6.61 Å². The summed E-state index contributed by atoms with van der Waals surface area (Å²) in [4.78, 5) is 37.3. The molecular weight excluding hydrogens is 493 g/mol. The summed E-state index contributed by atoms with van der Waals surface area (Å²) in [6.07, 6.45) is 1.76. The largest absolute Gasteiger partial charge is 0.468 e. The van der Waals surface area contributed by atoms with Gasteiger partial charge in [-0.2, -0.15) is 0 Å². The summed E-state index contributed by atoms with van der Waals surface area (Å²) in [6, 6.07) is 8.23. The van der Waals surface area contributed by atoms with E-state index < -0.39 is 56.6 Å². The topological polar surface area (TPSA) is 145 Å². The van der Waals surface area contributed by atoms with Crippen LogP contribution in [-0.2, 0) is 33.1 Å². The third-order valence-corrected chi connectivity index (χ3v) is 7.64. The van der Waals surface area contributed by atoms with E-state index in [1.165, 1.54) is 24.3 Å². The number of nitrogens with zero attached hydrogens (tertiary/aromatic N) is 1. The van der Waals surface area contributed by atoms with Crippen molar-refractivity contribution in [3.8, 4) is 5.75 Å². The maximum atomic E-state index is 12.3. The predicted molar refractivity (Wildman–Crippen MR) is 126 cm³/mol. The summed E-state index contributed by atoms with van der Waals surface area (Å²) in [7, 11) is -0.556. The first-order valence-electron chi connectivity index (χ1n) is 11.6. The van der Waals surface area contributed by atoms with E-state index in [9.17, 15) is 19.5 Å². The van der Waals surface area contributed by atoms with E-state index in [1.54, 1.807) is 31.2 Å². The second-order valence-corrected chi connectivity index (χ2v) is 9.79. The lowest BCUT2D eigenvalue weighted by atomic mass is 9.83. The Morgan fingerprint density at radius 3 is 2.83 bits per heavy atom. The van der Waals surface area contributed by atoms with Crippen LogP contribution in [-0.4, -0.2) is 78.8 Å². The van der Waals surface area contributed by atoms with Gasteiger partial charge in [0, 0.05) is 18.9 Å². The fraction of sp³-hybridized carbons (Fsp3) is 0.522. The molecule has 0 radical (unpaired) electrons. The van der Waals surface area contributed by atoms with Gasteiger partial charge in [-0.25, -0.2) is 5.09 Å². The van der Waals surface area contributed by atoms with Gasteiger partial charge < -0.3 is 43.4 Å². The smallest absolute Gasteiger partial charge is 0.323 e. The van der Waals surface area contributed by atoms with Gasteiger partial charge in [0.15, 0.2) is 6.23 Å². The molecule has 1 amide bonds. The molecular formula is C23H30N3O9P. The summed E-state index contributed by atoms with van der Waals surface area (Å²) < 4.78 is 29.1. The first-order chi connectivity index (χ1) is 17.4. The third kappa shape index (κ3) is 5.54. The standard InChI is InChI=1S/C23H30N3O9P/c1-15(20(29)31-2)25-36(35-16-7-4-3-5-8-16)33-14-18-17(13-27)23(10-6-12-32-23)21(34-18)26-11-9-19(28)24-22(26)30/h3-5,7-9,11,13,15,17-18,21-22,25,30H,6,10,12,14H2,1-2H3,(H,24,28)/t15-,17+,18?,21?,22?,23+,36?/m0/s1. The van der Waals surface area contributed by atoms with Crippen molar-refractivity contribution in [2.24, 2.45) is 5.92 Å². The van der Waals surface area contributed by atoms with Gasteiger partial charge in [-0.3, -0.25) is 9.59 Å². The Kier molecular flexibility index (Phi) is 8.55. The van der Waals surface area contributed by atoms with E-state index in [0.29, 0.717) is 25.2 Å². The first kappa shape index (κ1) is 26.5. The number of rotatable bonds is 10. The Hall–Kier alpha value is -2.60. The van der Waals surface area contributed by atoms with Crippen LogP contribution in [0.15, 0.2) is 42.6 Å². The van der Waals surface area contributed by atoms with Gasteiger partial charge in [0.1, 0.15) is 23.7 Å². The summed E-state index contributed by atoms with van der Waals surface area (Å²) >= 11 is 0. The molecule has 196 valence electrons. The second-order valence-electron chi connectivity index (χ2n) is 8.57.